The van der Waals surface area contributed by atoms with Crippen molar-refractivity contribution in [3.63, 3.8) is 0 Å². The number of rotatable bonds is 3. The maximum atomic E-state index is 5.67. The summed E-state index contributed by atoms with van der Waals surface area (Å²) in [5.74, 6) is 0.442. The maximum absolute atomic E-state index is 5.67. The molecule has 2 aromatic rings. The van der Waals surface area contributed by atoms with Crippen molar-refractivity contribution in [1.82, 2.24) is 10.2 Å². The molecule has 0 aliphatic heterocycles. The second-order valence-electron chi connectivity index (χ2n) is 3.03. The first-order valence-electron chi connectivity index (χ1n) is 4.39. The van der Waals surface area contributed by atoms with Crippen molar-refractivity contribution in [3.8, 4) is 0 Å². The van der Waals surface area contributed by atoms with Gasteiger partial charge in [-0.15, -0.1) is 21.8 Å². The van der Waals surface area contributed by atoms with Crippen LogP contribution >= 0.6 is 38.9 Å². The van der Waals surface area contributed by atoms with Crippen molar-refractivity contribution in [1.29, 1.82) is 0 Å². The third-order valence-electron chi connectivity index (χ3n) is 1.89. The molecule has 0 radical (unpaired) electrons. The van der Waals surface area contributed by atoms with E-state index in [2.05, 4.69) is 38.3 Å². The Morgan fingerprint density at radius 1 is 1.13 bits per heavy atom. The Morgan fingerprint density at radius 3 is 2.40 bits per heavy atom. The molecular weight excluding hydrogens is 296 g/mol. The molecule has 0 amide bonds. The normalized spacial score (nSPS) is 10.5. The first kappa shape index (κ1) is 11.0. The average molecular weight is 304 g/mol. The summed E-state index contributed by atoms with van der Waals surface area (Å²) in [5, 5.41) is 9.94. The Bertz CT molecular complexity index is 441. The van der Waals surface area contributed by atoms with E-state index in [1.807, 2.05) is 12.1 Å². The van der Waals surface area contributed by atoms with Crippen molar-refractivity contribution in [2.75, 3.05) is 0 Å². The van der Waals surface area contributed by atoms with Gasteiger partial charge in [0.2, 0.25) is 0 Å². The summed E-state index contributed by atoms with van der Waals surface area (Å²) in [6, 6.07) is 8.20. The standard InChI is InChI=1S/C10H8BrClN2S/c11-8-3-1-7(2-4-8)5-9-13-14-10(6-12)15-9/h1-4H,5-6H2. The minimum Gasteiger partial charge on any atom is -0.143 e. The minimum atomic E-state index is 0.442. The van der Waals surface area contributed by atoms with Gasteiger partial charge in [-0.3, -0.25) is 0 Å². The Hall–Kier alpha value is -0.450. The zero-order chi connectivity index (χ0) is 10.7. The molecule has 0 atom stereocenters. The van der Waals surface area contributed by atoms with E-state index in [-0.39, 0.29) is 0 Å². The molecular formula is C10H8BrClN2S. The number of benzene rings is 1. The molecule has 0 fully saturated rings. The lowest BCUT2D eigenvalue weighted by Crippen LogP contribution is -1.86. The maximum Gasteiger partial charge on any atom is 0.132 e. The summed E-state index contributed by atoms with van der Waals surface area (Å²) in [6.07, 6.45) is 0.821. The Labute approximate surface area is 105 Å². The van der Waals surface area contributed by atoms with E-state index in [0.717, 1.165) is 20.9 Å². The van der Waals surface area contributed by atoms with Gasteiger partial charge in [-0.1, -0.05) is 39.4 Å². The summed E-state index contributed by atoms with van der Waals surface area (Å²) in [7, 11) is 0. The van der Waals surface area contributed by atoms with Gasteiger partial charge in [0.15, 0.2) is 0 Å². The highest BCUT2D eigenvalue weighted by molar-refractivity contribution is 9.10. The zero-order valence-corrected chi connectivity index (χ0v) is 10.9. The topological polar surface area (TPSA) is 25.8 Å². The molecule has 0 bridgehead atoms. The highest BCUT2D eigenvalue weighted by atomic mass is 79.9. The molecule has 0 saturated carbocycles. The number of halogens is 2. The number of hydrogen-bond donors (Lipinski definition) is 0. The monoisotopic (exact) mass is 302 g/mol. The van der Waals surface area contributed by atoms with Gasteiger partial charge in [0.1, 0.15) is 10.0 Å². The molecule has 78 valence electrons. The molecule has 5 heteroatoms. The molecule has 1 heterocycles. The summed E-state index contributed by atoms with van der Waals surface area (Å²) in [6.45, 7) is 0. The van der Waals surface area contributed by atoms with E-state index in [9.17, 15) is 0 Å². The van der Waals surface area contributed by atoms with Crippen LogP contribution in [-0.2, 0) is 12.3 Å². The van der Waals surface area contributed by atoms with Crippen LogP contribution in [0.4, 0.5) is 0 Å². The van der Waals surface area contributed by atoms with Gasteiger partial charge in [0.05, 0.1) is 5.88 Å². The van der Waals surface area contributed by atoms with Gasteiger partial charge in [0.25, 0.3) is 0 Å². The van der Waals surface area contributed by atoms with Crippen LogP contribution in [0.2, 0.25) is 0 Å². The second kappa shape index (κ2) is 5.05. The van der Waals surface area contributed by atoms with E-state index in [1.54, 1.807) is 11.3 Å². The van der Waals surface area contributed by atoms with Crippen LogP contribution in [0.25, 0.3) is 0 Å². The third-order valence-corrected chi connectivity index (χ3v) is 3.76. The average Bonchev–Trinajstić information content (AvgIpc) is 2.69. The first-order chi connectivity index (χ1) is 7.28. The fraction of sp³-hybridized carbons (Fsp3) is 0.200. The van der Waals surface area contributed by atoms with E-state index >= 15 is 0 Å². The molecule has 15 heavy (non-hydrogen) atoms. The molecule has 0 spiro atoms. The smallest absolute Gasteiger partial charge is 0.132 e. The Morgan fingerprint density at radius 2 is 1.80 bits per heavy atom. The first-order valence-corrected chi connectivity index (χ1v) is 6.54. The van der Waals surface area contributed by atoms with Gasteiger partial charge in [-0.2, -0.15) is 0 Å². The molecule has 0 unspecified atom stereocenters. The quantitative estimate of drug-likeness (QED) is 0.809. The van der Waals surface area contributed by atoms with Crippen molar-refractivity contribution < 1.29 is 0 Å². The highest BCUT2D eigenvalue weighted by Crippen LogP contribution is 2.17. The molecule has 0 aliphatic carbocycles. The van der Waals surface area contributed by atoms with Gasteiger partial charge in [-0.25, -0.2) is 0 Å². The predicted molar refractivity (Wildman–Crippen MR) is 66.4 cm³/mol. The minimum absolute atomic E-state index is 0.442. The van der Waals surface area contributed by atoms with Gasteiger partial charge < -0.3 is 0 Å². The zero-order valence-electron chi connectivity index (χ0n) is 7.78. The van der Waals surface area contributed by atoms with E-state index < -0.39 is 0 Å². The highest BCUT2D eigenvalue weighted by Gasteiger charge is 2.03. The largest absolute Gasteiger partial charge is 0.143 e. The lowest BCUT2D eigenvalue weighted by Gasteiger charge is -1.96. The summed E-state index contributed by atoms with van der Waals surface area (Å²) in [5.41, 5.74) is 1.23. The fourth-order valence-electron chi connectivity index (χ4n) is 1.19. The number of hydrogen-bond acceptors (Lipinski definition) is 3. The lowest BCUT2D eigenvalue weighted by atomic mass is 10.2. The number of alkyl halides is 1. The van der Waals surface area contributed by atoms with Crippen LogP contribution < -0.4 is 0 Å². The molecule has 0 N–H and O–H groups in total. The Kier molecular flexibility index (Phi) is 3.72. The van der Waals surface area contributed by atoms with Gasteiger partial charge >= 0.3 is 0 Å². The lowest BCUT2D eigenvalue weighted by molar-refractivity contribution is 0.976. The predicted octanol–water partition coefficient (Wildman–Crippen LogP) is 3.63. The SMILES string of the molecule is ClCc1nnc(Cc2ccc(Br)cc2)s1. The molecule has 0 saturated heterocycles. The second-order valence-corrected chi connectivity index (χ2v) is 5.36. The van der Waals surface area contributed by atoms with E-state index in [4.69, 9.17) is 11.6 Å². The third kappa shape index (κ3) is 3.00. The van der Waals surface area contributed by atoms with Crippen molar-refractivity contribution in [2.24, 2.45) is 0 Å². The fourth-order valence-corrected chi connectivity index (χ4v) is 2.40. The van der Waals surface area contributed by atoms with E-state index in [1.165, 1.54) is 5.56 Å². The molecule has 2 nitrogen and oxygen atoms in total. The summed E-state index contributed by atoms with van der Waals surface area (Å²) < 4.78 is 1.09. The Balaban J connectivity index is 2.11. The van der Waals surface area contributed by atoms with Crippen LogP contribution in [0.5, 0.6) is 0 Å². The van der Waals surface area contributed by atoms with E-state index in [0.29, 0.717) is 5.88 Å². The van der Waals surface area contributed by atoms with Crippen LogP contribution in [0.15, 0.2) is 28.7 Å². The summed E-state index contributed by atoms with van der Waals surface area (Å²) in [4.78, 5) is 0. The number of nitrogens with zero attached hydrogens (tertiary/aromatic N) is 2. The van der Waals surface area contributed by atoms with Gasteiger partial charge in [-0.05, 0) is 17.7 Å². The van der Waals surface area contributed by atoms with Crippen molar-refractivity contribution in [2.45, 2.75) is 12.3 Å². The molecule has 2 rings (SSSR count). The van der Waals surface area contributed by atoms with Crippen LogP contribution in [0.1, 0.15) is 15.6 Å². The molecule has 1 aromatic carbocycles. The van der Waals surface area contributed by atoms with Crippen LogP contribution in [0.3, 0.4) is 0 Å². The summed E-state index contributed by atoms with van der Waals surface area (Å²) >= 11 is 10.6. The van der Waals surface area contributed by atoms with Crippen molar-refractivity contribution in [3.05, 3.63) is 44.3 Å². The molecule has 1 aromatic heterocycles. The number of aromatic nitrogens is 2. The van der Waals surface area contributed by atoms with Crippen LogP contribution in [0, 0.1) is 0 Å². The molecule has 0 aliphatic rings. The van der Waals surface area contributed by atoms with Crippen LogP contribution in [-0.4, -0.2) is 10.2 Å². The van der Waals surface area contributed by atoms with Gasteiger partial charge in [0, 0.05) is 10.9 Å². The van der Waals surface area contributed by atoms with Crippen molar-refractivity contribution >= 4 is 38.9 Å².